The van der Waals surface area contributed by atoms with Gasteiger partial charge < -0.3 is 10.4 Å². The highest BCUT2D eigenvalue weighted by molar-refractivity contribution is 5.85. The molecule has 0 amide bonds. The van der Waals surface area contributed by atoms with E-state index in [1.165, 1.54) is 11.7 Å². The van der Waals surface area contributed by atoms with E-state index in [2.05, 4.69) is 10.4 Å². The first-order valence-electron chi connectivity index (χ1n) is 5.95. The van der Waals surface area contributed by atoms with Crippen molar-refractivity contribution in [3.63, 3.8) is 0 Å². The Labute approximate surface area is 126 Å². The lowest BCUT2D eigenvalue weighted by Gasteiger charge is -2.05. The van der Waals surface area contributed by atoms with Crippen LogP contribution >= 0.6 is 12.4 Å². The van der Waals surface area contributed by atoms with Crippen LogP contribution in [0.1, 0.15) is 17.0 Å². The third kappa shape index (κ3) is 4.64. The van der Waals surface area contributed by atoms with Crippen molar-refractivity contribution in [2.45, 2.75) is 19.3 Å². The molecule has 116 valence electrons. The van der Waals surface area contributed by atoms with E-state index < -0.39 is 11.9 Å². The third-order valence-electron chi connectivity index (χ3n) is 2.81. The lowest BCUT2D eigenvalue weighted by molar-refractivity contribution is -0.141. The van der Waals surface area contributed by atoms with Crippen LogP contribution in [-0.4, -0.2) is 14.9 Å². The minimum atomic E-state index is -4.43. The first-order chi connectivity index (χ1) is 9.36. The highest BCUT2D eigenvalue weighted by Gasteiger charge is 2.34. The Kier molecular flexibility index (Phi) is 5.62. The van der Waals surface area contributed by atoms with Crippen LogP contribution in [-0.2, 0) is 26.3 Å². The summed E-state index contributed by atoms with van der Waals surface area (Å²) in [5.41, 5.74) is 0.398. The van der Waals surface area contributed by atoms with Crippen molar-refractivity contribution in [2.75, 3.05) is 0 Å². The zero-order valence-corrected chi connectivity index (χ0v) is 12.0. The minimum absolute atomic E-state index is 0. The van der Waals surface area contributed by atoms with Gasteiger partial charge >= 0.3 is 6.18 Å². The summed E-state index contributed by atoms with van der Waals surface area (Å²) in [7, 11) is 1.47. The summed E-state index contributed by atoms with van der Waals surface area (Å²) in [6.45, 7) is 0.705. The quantitative estimate of drug-likeness (QED) is 0.910. The Morgan fingerprint density at radius 1 is 1.24 bits per heavy atom. The van der Waals surface area contributed by atoms with Gasteiger partial charge in [-0.05, 0) is 23.8 Å². The molecule has 8 heteroatoms. The van der Waals surface area contributed by atoms with Crippen molar-refractivity contribution >= 4 is 12.4 Å². The number of phenolic OH excluding ortho intramolecular Hbond substituents is 1. The van der Waals surface area contributed by atoms with E-state index in [0.29, 0.717) is 12.2 Å². The first kappa shape index (κ1) is 17.3. The summed E-state index contributed by atoms with van der Waals surface area (Å²) in [5.74, 6) is 0.157. The van der Waals surface area contributed by atoms with E-state index in [4.69, 9.17) is 0 Å². The van der Waals surface area contributed by atoms with Crippen LogP contribution in [0.2, 0.25) is 0 Å². The fourth-order valence-corrected chi connectivity index (χ4v) is 1.81. The molecule has 0 atom stereocenters. The Hall–Kier alpha value is -1.73. The van der Waals surface area contributed by atoms with Gasteiger partial charge in [-0.2, -0.15) is 18.3 Å². The van der Waals surface area contributed by atoms with Gasteiger partial charge in [-0.1, -0.05) is 12.1 Å². The van der Waals surface area contributed by atoms with E-state index >= 15 is 0 Å². The van der Waals surface area contributed by atoms with Crippen LogP contribution in [0, 0.1) is 0 Å². The van der Waals surface area contributed by atoms with Crippen LogP contribution in [0.3, 0.4) is 0 Å². The Morgan fingerprint density at radius 3 is 2.52 bits per heavy atom. The Bertz CT molecular complexity index is 599. The van der Waals surface area contributed by atoms with Crippen LogP contribution in [0.4, 0.5) is 13.2 Å². The van der Waals surface area contributed by atoms with E-state index in [-0.39, 0.29) is 24.7 Å². The van der Waals surface area contributed by atoms with Gasteiger partial charge in [-0.25, -0.2) is 0 Å². The van der Waals surface area contributed by atoms with Crippen molar-refractivity contribution in [1.29, 1.82) is 0 Å². The van der Waals surface area contributed by atoms with Crippen molar-refractivity contribution < 1.29 is 18.3 Å². The van der Waals surface area contributed by atoms with Crippen LogP contribution < -0.4 is 5.32 Å². The first-order valence-corrected chi connectivity index (χ1v) is 5.95. The molecule has 1 aromatic carbocycles. The molecule has 0 spiro atoms. The van der Waals surface area contributed by atoms with Crippen LogP contribution in [0.15, 0.2) is 30.3 Å². The van der Waals surface area contributed by atoms with E-state index in [9.17, 15) is 18.3 Å². The van der Waals surface area contributed by atoms with Gasteiger partial charge in [0.15, 0.2) is 5.69 Å². The SMILES string of the molecule is Cl.Cn1nc(C(F)(F)F)cc1CNCc1cccc(O)c1. The average molecular weight is 322 g/mol. The van der Waals surface area contributed by atoms with Gasteiger partial charge in [0.1, 0.15) is 5.75 Å². The second-order valence-electron chi connectivity index (χ2n) is 4.42. The largest absolute Gasteiger partial charge is 0.508 e. The molecular weight excluding hydrogens is 307 g/mol. The molecule has 4 nitrogen and oxygen atoms in total. The second-order valence-corrected chi connectivity index (χ2v) is 4.42. The minimum Gasteiger partial charge on any atom is -0.508 e. The molecule has 0 fully saturated rings. The molecule has 2 N–H and O–H groups in total. The standard InChI is InChI=1S/C13H14F3N3O.ClH/c1-19-10(6-12(18-19)13(14,15)16)8-17-7-9-3-2-4-11(20)5-9;/h2-6,17,20H,7-8H2,1H3;1H. The predicted octanol–water partition coefficient (Wildman–Crippen LogP) is 2.86. The van der Waals surface area contributed by atoms with Crippen molar-refractivity contribution in [3.8, 4) is 5.75 Å². The van der Waals surface area contributed by atoms with Gasteiger partial charge in [0.05, 0.1) is 5.69 Å². The number of rotatable bonds is 4. The second kappa shape index (κ2) is 6.82. The van der Waals surface area contributed by atoms with E-state index in [0.717, 1.165) is 11.6 Å². The molecule has 0 aliphatic rings. The number of hydrogen-bond acceptors (Lipinski definition) is 3. The van der Waals surface area contributed by atoms with Crippen molar-refractivity contribution in [1.82, 2.24) is 15.1 Å². The van der Waals surface area contributed by atoms with Gasteiger partial charge in [0.2, 0.25) is 0 Å². The molecule has 2 aromatic rings. The number of benzene rings is 1. The molecule has 0 aliphatic carbocycles. The van der Waals surface area contributed by atoms with Crippen LogP contribution in [0.5, 0.6) is 5.75 Å². The maximum atomic E-state index is 12.5. The molecule has 0 saturated heterocycles. The molecule has 0 radical (unpaired) electrons. The molecule has 2 rings (SSSR count). The molecule has 0 saturated carbocycles. The van der Waals surface area contributed by atoms with Crippen molar-refractivity contribution in [2.24, 2.45) is 7.05 Å². The van der Waals surface area contributed by atoms with Gasteiger partial charge in [-0.3, -0.25) is 4.68 Å². The number of nitrogens with one attached hydrogen (secondary N) is 1. The molecule has 0 aliphatic heterocycles. The average Bonchev–Trinajstić information content (AvgIpc) is 2.71. The smallest absolute Gasteiger partial charge is 0.435 e. The monoisotopic (exact) mass is 321 g/mol. The number of aryl methyl sites for hydroxylation is 1. The van der Waals surface area contributed by atoms with Gasteiger partial charge in [0.25, 0.3) is 0 Å². The molecule has 1 aromatic heterocycles. The van der Waals surface area contributed by atoms with Gasteiger partial charge in [0, 0.05) is 20.1 Å². The summed E-state index contributed by atoms with van der Waals surface area (Å²) in [5, 5.41) is 15.7. The van der Waals surface area contributed by atoms with Crippen LogP contribution in [0.25, 0.3) is 0 Å². The number of phenols is 1. The normalized spacial score (nSPS) is 11.2. The van der Waals surface area contributed by atoms with E-state index in [1.807, 2.05) is 6.07 Å². The highest BCUT2D eigenvalue weighted by Crippen LogP contribution is 2.28. The zero-order chi connectivity index (χ0) is 14.8. The summed E-state index contributed by atoms with van der Waals surface area (Å²) in [6, 6.07) is 7.70. The summed E-state index contributed by atoms with van der Waals surface area (Å²) in [6.07, 6.45) is -4.43. The fourth-order valence-electron chi connectivity index (χ4n) is 1.81. The zero-order valence-electron chi connectivity index (χ0n) is 11.2. The molecule has 21 heavy (non-hydrogen) atoms. The third-order valence-corrected chi connectivity index (χ3v) is 2.81. The van der Waals surface area contributed by atoms with E-state index in [1.54, 1.807) is 18.2 Å². The maximum Gasteiger partial charge on any atom is 0.435 e. The molecule has 0 bridgehead atoms. The summed E-state index contributed by atoms with van der Waals surface area (Å²) >= 11 is 0. The fraction of sp³-hybridized carbons (Fsp3) is 0.308. The highest BCUT2D eigenvalue weighted by atomic mass is 35.5. The molecule has 0 unspecified atom stereocenters. The number of alkyl halides is 3. The summed E-state index contributed by atoms with van der Waals surface area (Å²) < 4.78 is 38.7. The number of hydrogen-bond donors (Lipinski definition) is 2. The lowest BCUT2D eigenvalue weighted by Crippen LogP contribution is -2.15. The topological polar surface area (TPSA) is 50.1 Å². The predicted molar refractivity (Wildman–Crippen MR) is 74.1 cm³/mol. The number of aromatic hydroxyl groups is 1. The Balaban J connectivity index is 0.00000220. The molecule has 1 heterocycles. The summed E-state index contributed by atoms with van der Waals surface area (Å²) in [4.78, 5) is 0. The number of nitrogens with zero attached hydrogens (tertiary/aromatic N) is 2. The maximum absolute atomic E-state index is 12.5. The number of halogens is 4. The number of aromatic nitrogens is 2. The Morgan fingerprint density at radius 2 is 1.95 bits per heavy atom. The molecular formula is C13H15ClF3N3O. The lowest BCUT2D eigenvalue weighted by atomic mass is 10.2. The van der Waals surface area contributed by atoms with Gasteiger partial charge in [-0.15, -0.1) is 12.4 Å². The van der Waals surface area contributed by atoms with Crippen molar-refractivity contribution in [3.05, 3.63) is 47.3 Å².